The molecule has 1 aromatic rings. The van der Waals surface area contributed by atoms with Crippen molar-refractivity contribution in [2.24, 2.45) is 5.92 Å². The van der Waals surface area contributed by atoms with Gasteiger partial charge in [0.25, 0.3) is 0 Å². The lowest BCUT2D eigenvalue weighted by Crippen LogP contribution is -1.95. The molecule has 0 unspecified atom stereocenters. The van der Waals surface area contributed by atoms with E-state index in [1.54, 1.807) is 11.3 Å². The van der Waals surface area contributed by atoms with Gasteiger partial charge in [0, 0.05) is 4.88 Å². The summed E-state index contributed by atoms with van der Waals surface area (Å²) in [6.45, 7) is 0. The number of thiophene rings is 1. The van der Waals surface area contributed by atoms with E-state index in [4.69, 9.17) is 0 Å². The van der Waals surface area contributed by atoms with Gasteiger partial charge in [-0.25, -0.2) is 0 Å². The van der Waals surface area contributed by atoms with Crippen LogP contribution in [-0.2, 0) is 0 Å². The van der Waals surface area contributed by atoms with Crippen LogP contribution in [0.25, 0.3) is 0 Å². The van der Waals surface area contributed by atoms with Crippen LogP contribution in [0.15, 0.2) is 15.9 Å². The van der Waals surface area contributed by atoms with Gasteiger partial charge in [-0.1, -0.05) is 0 Å². The van der Waals surface area contributed by atoms with Crippen LogP contribution < -0.4 is 0 Å². The predicted octanol–water partition coefficient (Wildman–Crippen LogP) is 2.95. The Morgan fingerprint density at radius 2 is 2.27 bits per heavy atom. The number of hydrogen-bond donors (Lipinski definition) is 1. The molecule has 1 aromatic heterocycles. The summed E-state index contributed by atoms with van der Waals surface area (Å²) < 4.78 is 1.10. The van der Waals surface area contributed by atoms with Crippen LogP contribution in [0.1, 0.15) is 23.8 Å². The van der Waals surface area contributed by atoms with Crippen molar-refractivity contribution in [2.75, 3.05) is 0 Å². The van der Waals surface area contributed by atoms with Gasteiger partial charge in [0.15, 0.2) is 0 Å². The van der Waals surface area contributed by atoms with E-state index in [-0.39, 0.29) is 6.10 Å². The van der Waals surface area contributed by atoms with Crippen molar-refractivity contribution in [3.05, 3.63) is 20.8 Å². The second-order valence-electron chi connectivity index (χ2n) is 2.92. The molecule has 0 saturated heterocycles. The third-order valence-electron chi connectivity index (χ3n) is 1.95. The molecule has 60 valence electrons. The van der Waals surface area contributed by atoms with Crippen molar-refractivity contribution in [1.82, 2.24) is 0 Å². The van der Waals surface area contributed by atoms with Crippen LogP contribution in [0.4, 0.5) is 0 Å². The second kappa shape index (κ2) is 2.88. The summed E-state index contributed by atoms with van der Waals surface area (Å²) in [6, 6.07) is 3.99. The molecule has 2 rings (SSSR count). The Kier molecular flexibility index (Phi) is 2.04. The molecule has 1 aliphatic rings. The van der Waals surface area contributed by atoms with E-state index in [1.807, 2.05) is 12.1 Å². The van der Waals surface area contributed by atoms with Crippen LogP contribution in [-0.4, -0.2) is 5.11 Å². The highest BCUT2D eigenvalue weighted by Crippen LogP contribution is 2.43. The summed E-state index contributed by atoms with van der Waals surface area (Å²) in [5, 5.41) is 9.66. The molecule has 0 amide bonds. The van der Waals surface area contributed by atoms with Crippen LogP contribution in [0.3, 0.4) is 0 Å². The van der Waals surface area contributed by atoms with E-state index in [9.17, 15) is 5.11 Å². The topological polar surface area (TPSA) is 20.2 Å². The van der Waals surface area contributed by atoms with Crippen LogP contribution in [0.2, 0.25) is 0 Å². The number of halogens is 1. The molecule has 1 nitrogen and oxygen atoms in total. The Labute approximate surface area is 78.2 Å². The van der Waals surface area contributed by atoms with Gasteiger partial charge in [-0.05, 0) is 46.8 Å². The number of aliphatic hydroxyl groups excluding tert-OH is 1. The second-order valence-corrected chi connectivity index (χ2v) is 5.42. The van der Waals surface area contributed by atoms with E-state index in [1.165, 1.54) is 12.8 Å². The molecule has 11 heavy (non-hydrogen) atoms. The fourth-order valence-corrected chi connectivity index (χ4v) is 2.63. The van der Waals surface area contributed by atoms with Gasteiger partial charge >= 0.3 is 0 Å². The quantitative estimate of drug-likeness (QED) is 0.832. The van der Waals surface area contributed by atoms with Crippen molar-refractivity contribution in [1.29, 1.82) is 0 Å². The first-order valence-corrected chi connectivity index (χ1v) is 5.31. The van der Waals surface area contributed by atoms with Gasteiger partial charge < -0.3 is 5.11 Å². The average Bonchev–Trinajstić information content (AvgIpc) is 2.74. The van der Waals surface area contributed by atoms with Crippen molar-refractivity contribution < 1.29 is 5.11 Å². The highest BCUT2D eigenvalue weighted by Gasteiger charge is 2.31. The van der Waals surface area contributed by atoms with Crippen molar-refractivity contribution in [3.8, 4) is 0 Å². The summed E-state index contributed by atoms with van der Waals surface area (Å²) >= 11 is 5.01. The zero-order valence-electron chi connectivity index (χ0n) is 5.96. The van der Waals surface area contributed by atoms with Crippen molar-refractivity contribution in [2.45, 2.75) is 18.9 Å². The fourth-order valence-electron chi connectivity index (χ4n) is 1.13. The predicted molar refractivity (Wildman–Crippen MR) is 49.7 cm³/mol. The van der Waals surface area contributed by atoms with E-state index in [0.29, 0.717) is 5.92 Å². The SMILES string of the molecule is O[C@H](c1ccc(Br)s1)C1CC1. The fraction of sp³-hybridized carbons (Fsp3) is 0.500. The first-order valence-electron chi connectivity index (χ1n) is 3.70. The van der Waals surface area contributed by atoms with E-state index < -0.39 is 0 Å². The van der Waals surface area contributed by atoms with Crippen LogP contribution in [0.5, 0.6) is 0 Å². The third kappa shape index (κ3) is 1.66. The molecule has 1 atom stereocenters. The molecule has 1 fully saturated rings. The summed E-state index contributed by atoms with van der Waals surface area (Å²) in [6.07, 6.45) is 2.18. The summed E-state index contributed by atoms with van der Waals surface area (Å²) in [5.41, 5.74) is 0. The minimum absolute atomic E-state index is 0.203. The minimum Gasteiger partial charge on any atom is -0.387 e. The molecule has 0 aliphatic heterocycles. The highest BCUT2D eigenvalue weighted by atomic mass is 79.9. The first-order chi connectivity index (χ1) is 5.27. The van der Waals surface area contributed by atoms with Crippen molar-refractivity contribution >= 4 is 27.3 Å². The summed E-state index contributed by atoms with van der Waals surface area (Å²) in [4.78, 5) is 1.10. The lowest BCUT2D eigenvalue weighted by Gasteiger charge is -2.03. The molecule has 0 spiro atoms. The molecule has 1 saturated carbocycles. The van der Waals surface area contributed by atoms with Gasteiger partial charge in [0.05, 0.1) is 9.89 Å². The van der Waals surface area contributed by atoms with Gasteiger partial charge in [-0.3, -0.25) is 0 Å². The number of aliphatic hydroxyl groups is 1. The molecule has 0 bridgehead atoms. The largest absolute Gasteiger partial charge is 0.387 e. The summed E-state index contributed by atoms with van der Waals surface area (Å²) in [7, 11) is 0. The monoisotopic (exact) mass is 232 g/mol. The molecule has 1 heterocycles. The highest BCUT2D eigenvalue weighted by molar-refractivity contribution is 9.11. The standard InChI is InChI=1S/C8H9BrOS/c9-7-4-3-6(11-7)8(10)5-1-2-5/h3-5,8,10H,1-2H2/t8-/m0/s1. The number of hydrogen-bond acceptors (Lipinski definition) is 2. The van der Waals surface area contributed by atoms with Gasteiger partial charge in [-0.15, -0.1) is 11.3 Å². The first kappa shape index (κ1) is 7.77. The van der Waals surface area contributed by atoms with Gasteiger partial charge in [0.1, 0.15) is 0 Å². The normalized spacial score (nSPS) is 20.2. The third-order valence-corrected chi connectivity index (χ3v) is 3.65. The average molecular weight is 233 g/mol. The Morgan fingerprint density at radius 1 is 1.55 bits per heavy atom. The molecular formula is C8H9BrOS. The van der Waals surface area contributed by atoms with E-state index in [2.05, 4.69) is 15.9 Å². The molecule has 1 N–H and O–H groups in total. The molecule has 1 aliphatic carbocycles. The minimum atomic E-state index is -0.203. The Morgan fingerprint density at radius 3 is 2.73 bits per heavy atom. The maximum atomic E-state index is 9.66. The Bertz CT molecular complexity index is 254. The van der Waals surface area contributed by atoms with E-state index >= 15 is 0 Å². The molecule has 3 heteroatoms. The molecule has 0 aromatic carbocycles. The smallest absolute Gasteiger partial charge is 0.0910 e. The summed E-state index contributed by atoms with van der Waals surface area (Å²) in [5.74, 6) is 0.542. The number of rotatable bonds is 2. The van der Waals surface area contributed by atoms with E-state index in [0.717, 1.165) is 8.66 Å². The van der Waals surface area contributed by atoms with Crippen molar-refractivity contribution in [3.63, 3.8) is 0 Å². The zero-order valence-corrected chi connectivity index (χ0v) is 8.36. The van der Waals surface area contributed by atoms with Gasteiger partial charge in [0.2, 0.25) is 0 Å². The molecule has 0 radical (unpaired) electrons. The Hall–Kier alpha value is 0.140. The lowest BCUT2D eigenvalue weighted by atomic mass is 10.2. The maximum absolute atomic E-state index is 9.66. The zero-order chi connectivity index (χ0) is 7.84. The maximum Gasteiger partial charge on any atom is 0.0910 e. The molecular weight excluding hydrogens is 224 g/mol. The van der Waals surface area contributed by atoms with Gasteiger partial charge in [-0.2, -0.15) is 0 Å². The lowest BCUT2D eigenvalue weighted by molar-refractivity contribution is 0.157. The van der Waals surface area contributed by atoms with Crippen LogP contribution >= 0.6 is 27.3 Å². The Balaban J connectivity index is 2.14. The van der Waals surface area contributed by atoms with Crippen LogP contribution in [0, 0.1) is 5.92 Å².